The molecule has 178 valence electrons. The quantitative estimate of drug-likeness (QED) is 0.291. The van der Waals surface area contributed by atoms with Crippen LogP contribution in [0.25, 0.3) is 55.4 Å². The number of H-pyrrole nitrogens is 2. The summed E-state index contributed by atoms with van der Waals surface area (Å²) >= 11 is 1.02. The Morgan fingerprint density at radius 1 is 1.03 bits per heavy atom. The van der Waals surface area contributed by atoms with Crippen LogP contribution in [0.15, 0.2) is 55.0 Å². The van der Waals surface area contributed by atoms with Crippen molar-refractivity contribution in [1.29, 1.82) is 0 Å². The standard InChI is InChI=1S/C25H19FN8OS/c1-12(2)25(35)29-14-9-13(10-27-11-14)15-3-4-17-21(30-15)23(34-33-17)24-31-16-7-8-28-22(20(16)32-24)18-5-6-19(26)36-18/h3-12H,1-2H3,(H,29,35)(H,31,32)(H,33,34). The fourth-order valence-electron chi connectivity index (χ4n) is 3.83. The second-order valence-electron chi connectivity index (χ2n) is 8.52. The Morgan fingerprint density at radius 3 is 2.69 bits per heavy atom. The number of carbonyl (C=O) groups excluding carboxylic acids is 1. The number of amides is 1. The van der Waals surface area contributed by atoms with Crippen molar-refractivity contribution in [2.75, 3.05) is 5.32 Å². The van der Waals surface area contributed by atoms with E-state index in [-0.39, 0.29) is 17.0 Å². The number of fused-ring (bicyclic) bond motifs is 2. The number of rotatable bonds is 5. The molecule has 3 N–H and O–H groups in total. The van der Waals surface area contributed by atoms with Gasteiger partial charge in [-0.05, 0) is 36.4 Å². The van der Waals surface area contributed by atoms with Gasteiger partial charge in [0.2, 0.25) is 5.91 Å². The molecule has 0 atom stereocenters. The molecule has 0 bridgehead atoms. The van der Waals surface area contributed by atoms with Crippen LogP contribution in [0.2, 0.25) is 0 Å². The maximum atomic E-state index is 13.6. The predicted molar refractivity (Wildman–Crippen MR) is 137 cm³/mol. The Bertz CT molecular complexity index is 1750. The van der Waals surface area contributed by atoms with E-state index in [0.717, 1.165) is 27.9 Å². The molecule has 6 aromatic rings. The van der Waals surface area contributed by atoms with E-state index < -0.39 is 0 Å². The molecule has 6 heterocycles. The molecule has 0 aliphatic heterocycles. The summed E-state index contributed by atoms with van der Waals surface area (Å²) in [6.45, 7) is 3.66. The molecule has 0 unspecified atom stereocenters. The van der Waals surface area contributed by atoms with E-state index in [1.54, 1.807) is 24.7 Å². The van der Waals surface area contributed by atoms with E-state index in [2.05, 4.69) is 30.5 Å². The molecule has 0 radical (unpaired) electrons. The van der Waals surface area contributed by atoms with Crippen molar-refractivity contribution in [3.63, 3.8) is 0 Å². The topological polar surface area (TPSA) is 125 Å². The molecule has 11 heteroatoms. The van der Waals surface area contributed by atoms with Gasteiger partial charge in [0.05, 0.1) is 33.5 Å². The number of nitrogens with zero attached hydrogens (tertiary/aromatic N) is 5. The molecule has 0 saturated carbocycles. The lowest BCUT2D eigenvalue weighted by Gasteiger charge is -2.08. The summed E-state index contributed by atoms with van der Waals surface area (Å²) in [5, 5.41) is 10.0. The van der Waals surface area contributed by atoms with E-state index in [0.29, 0.717) is 44.5 Å². The second kappa shape index (κ2) is 8.61. The first-order valence-electron chi connectivity index (χ1n) is 11.2. The molecule has 0 fully saturated rings. The fraction of sp³-hybridized carbons (Fsp3) is 0.120. The average molecular weight is 499 g/mol. The van der Waals surface area contributed by atoms with Crippen LogP contribution in [0.4, 0.5) is 10.1 Å². The Hall–Kier alpha value is -4.51. The lowest BCUT2D eigenvalue weighted by atomic mass is 10.1. The van der Waals surface area contributed by atoms with Crippen molar-refractivity contribution in [3.05, 3.63) is 60.1 Å². The Kier molecular flexibility index (Phi) is 5.26. The molecule has 6 aromatic heterocycles. The first kappa shape index (κ1) is 22.0. The highest BCUT2D eigenvalue weighted by Crippen LogP contribution is 2.33. The van der Waals surface area contributed by atoms with Crippen molar-refractivity contribution in [1.82, 2.24) is 35.1 Å². The van der Waals surface area contributed by atoms with Crippen LogP contribution in [-0.2, 0) is 4.79 Å². The summed E-state index contributed by atoms with van der Waals surface area (Å²) < 4.78 is 13.6. The number of nitrogens with one attached hydrogen (secondary N) is 3. The minimum atomic E-state index is -0.281. The van der Waals surface area contributed by atoms with Gasteiger partial charge in [0.15, 0.2) is 16.6 Å². The molecule has 9 nitrogen and oxygen atoms in total. The van der Waals surface area contributed by atoms with Gasteiger partial charge in [-0.15, -0.1) is 11.3 Å². The van der Waals surface area contributed by atoms with Crippen LogP contribution in [0.3, 0.4) is 0 Å². The zero-order chi connectivity index (χ0) is 24.8. The minimum absolute atomic E-state index is 0.0847. The number of anilines is 1. The van der Waals surface area contributed by atoms with Crippen LogP contribution < -0.4 is 5.32 Å². The number of aromatic amines is 2. The largest absolute Gasteiger partial charge is 0.336 e. The van der Waals surface area contributed by atoms with Gasteiger partial charge in [-0.1, -0.05) is 13.8 Å². The summed E-state index contributed by atoms with van der Waals surface area (Å²) in [6, 6.07) is 10.5. The van der Waals surface area contributed by atoms with E-state index in [1.165, 1.54) is 6.07 Å². The summed E-state index contributed by atoms with van der Waals surface area (Å²) in [6.07, 6.45) is 4.96. The molecule has 0 aromatic carbocycles. The smallest absolute Gasteiger partial charge is 0.226 e. The van der Waals surface area contributed by atoms with E-state index in [9.17, 15) is 9.18 Å². The highest BCUT2D eigenvalue weighted by atomic mass is 32.1. The first-order valence-corrected chi connectivity index (χ1v) is 12.0. The minimum Gasteiger partial charge on any atom is -0.336 e. The highest BCUT2D eigenvalue weighted by Gasteiger charge is 2.18. The van der Waals surface area contributed by atoms with Gasteiger partial charge < -0.3 is 10.3 Å². The highest BCUT2D eigenvalue weighted by molar-refractivity contribution is 7.13. The normalized spacial score (nSPS) is 11.6. The number of imidazole rings is 1. The van der Waals surface area contributed by atoms with Gasteiger partial charge in [-0.25, -0.2) is 9.97 Å². The molecular formula is C25H19FN8OS. The maximum Gasteiger partial charge on any atom is 0.226 e. The third-order valence-electron chi connectivity index (χ3n) is 5.67. The molecule has 0 saturated heterocycles. The van der Waals surface area contributed by atoms with Crippen LogP contribution in [0.1, 0.15) is 13.8 Å². The third-order valence-corrected chi connectivity index (χ3v) is 6.55. The van der Waals surface area contributed by atoms with Gasteiger partial charge in [-0.3, -0.25) is 19.9 Å². The SMILES string of the molecule is CC(C)C(=O)Nc1cncc(-c2ccc3[nH]nc(-c4nc5c(-c6ccc(F)s6)nccc5[nH]4)c3n2)c1. The van der Waals surface area contributed by atoms with Crippen LogP contribution in [0, 0.1) is 11.0 Å². The summed E-state index contributed by atoms with van der Waals surface area (Å²) in [4.78, 5) is 34.3. The van der Waals surface area contributed by atoms with Crippen LogP contribution >= 0.6 is 11.3 Å². The van der Waals surface area contributed by atoms with Gasteiger partial charge in [0.1, 0.15) is 16.7 Å². The molecule has 0 aliphatic carbocycles. The third kappa shape index (κ3) is 3.89. The van der Waals surface area contributed by atoms with Gasteiger partial charge in [0, 0.05) is 23.9 Å². The molecule has 1 amide bonds. The van der Waals surface area contributed by atoms with Gasteiger partial charge in [-0.2, -0.15) is 9.49 Å². The summed E-state index contributed by atoms with van der Waals surface area (Å²) in [5.41, 5.74) is 5.92. The lowest BCUT2D eigenvalue weighted by molar-refractivity contribution is -0.118. The number of thiophene rings is 1. The Labute approximate surface area is 207 Å². The predicted octanol–water partition coefficient (Wildman–Crippen LogP) is 5.42. The summed E-state index contributed by atoms with van der Waals surface area (Å²) in [5.74, 6) is 0.289. The van der Waals surface area contributed by atoms with E-state index >= 15 is 0 Å². The monoisotopic (exact) mass is 498 g/mol. The number of aromatic nitrogens is 7. The summed E-state index contributed by atoms with van der Waals surface area (Å²) in [7, 11) is 0. The van der Waals surface area contributed by atoms with Crippen molar-refractivity contribution in [2.45, 2.75) is 13.8 Å². The van der Waals surface area contributed by atoms with E-state index in [4.69, 9.17) is 9.97 Å². The average Bonchev–Trinajstić information content (AvgIpc) is 3.61. The first-order chi connectivity index (χ1) is 17.5. The number of pyridine rings is 3. The van der Waals surface area contributed by atoms with Crippen LogP contribution in [-0.4, -0.2) is 41.0 Å². The molecular weight excluding hydrogens is 479 g/mol. The Morgan fingerprint density at radius 2 is 1.89 bits per heavy atom. The Balaban J connectivity index is 1.41. The number of carbonyl (C=O) groups is 1. The molecule has 0 spiro atoms. The van der Waals surface area contributed by atoms with Gasteiger partial charge >= 0.3 is 0 Å². The zero-order valence-electron chi connectivity index (χ0n) is 19.2. The van der Waals surface area contributed by atoms with Crippen LogP contribution in [0.5, 0.6) is 0 Å². The number of hydrogen-bond acceptors (Lipinski definition) is 7. The zero-order valence-corrected chi connectivity index (χ0v) is 20.0. The van der Waals surface area contributed by atoms with Gasteiger partial charge in [0.25, 0.3) is 0 Å². The molecule has 0 aliphatic rings. The second-order valence-corrected chi connectivity index (χ2v) is 9.55. The number of halogens is 1. The maximum absolute atomic E-state index is 13.6. The molecule has 36 heavy (non-hydrogen) atoms. The fourth-order valence-corrected chi connectivity index (χ4v) is 4.56. The molecule has 6 rings (SSSR count). The van der Waals surface area contributed by atoms with Crippen molar-refractivity contribution >= 4 is 45.0 Å². The van der Waals surface area contributed by atoms with Crippen molar-refractivity contribution in [2.24, 2.45) is 5.92 Å². The lowest BCUT2D eigenvalue weighted by Crippen LogP contribution is -2.17. The number of hydrogen-bond donors (Lipinski definition) is 3. The van der Waals surface area contributed by atoms with E-state index in [1.807, 2.05) is 38.1 Å². The van der Waals surface area contributed by atoms with Crippen molar-refractivity contribution < 1.29 is 9.18 Å². The van der Waals surface area contributed by atoms with Crippen molar-refractivity contribution in [3.8, 4) is 33.3 Å².